The van der Waals surface area contributed by atoms with Crippen molar-refractivity contribution < 1.29 is 4.79 Å². The molecule has 122 valence electrons. The van der Waals surface area contributed by atoms with Crippen molar-refractivity contribution in [1.29, 1.82) is 0 Å². The Morgan fingerprint density at radius 3 is 2.75 bits per heavy atom. The molecule has 9 nitrogen and oxygen atoms in total. The third kappa shape index (κ3) is 3.00. The van der Waals surface area contributed by atoms with Gasteiger partial charge >= 0.3 is 0 Å². The second-order valence-electron chi connectivity index (χ2n) is 5.06. The van der Waals surface area contributed by atoms with Gasteiger partial charge in [-0.25, -0.2) is 9.97 Å². The van der Waals surface area contributed by atoms with Crippen LogP contribution in [0.4, 0.5) is 17.5 Å². The zero-order chi connectivity index (χ0) is 17.1. The van der Waals surface area contributed by atoms with Gasteiger partial charge in [-0.2, -0.15) is 10.1 Å². The fourth-order valence-electron chi connectivity index (χ4n) is 2.23. The molecule has 0 aliphatic heterocycles. The maximum Gasteiger partial charge on any atom is 0.251 e. The van der Waals surface area contributed by atoms with Crippen molar-refractivity contribution in [3.63, 3.8) is 0 Å². The fraction of sp³-hybridized carbons (Fsp3) is 0.133. The molecule has 24 heavy (non-hydrogen) atoms. The highest BCUT2D eigenvalue weighted by Gasteiger charge is 2.11. The average molecular weight is 324 g/mol. The highest BCUT2D eigenvalue weighted by atomic mass is 16.1. The van der Waals surface area contributed by atoms with E-state index in [0.717, 1.165) is 11.3 Å². The second kappa shape index (κ2) is 6.32. The van der Waals surface area contributed by atoms with E-state index in [1.807, 2.05) is 13.0 Å². The van der Waals surface area contributed by atoms with Gasteiger partial charge in [0.25, 0.3) is 5.91 Å². The number of amides is 1. The summed E-state index contributed by atoms with van der Waals surface area (Å²) in [6, 6.07) is 5.36. The molecule has 0 aliphatic carbocycles. The molecule has 0 unspecified atom stereocenters. The summed E-state index contributed by atoms with van der Waals surface area (Å²) in [6.45, 7) is 1.86. The Labute approximate surface area is 137 Å². The molecule has 3 aromatic rings. The number of carbonyl (C=O) groups excluding carboxylic acids is 1. The second-order valence-corrected chi connectivity index (χ2v) is 5.06. The predicted octanol–water partition coefficient (Wildman–Crippen LogP) is 1.26. The summed E-state index contributed by atoms with van der Waals surface area (Å²) in [7, 11) is 1.60. The van der Waals surface area contributed by atoms with Crippen LogP contribution in [0.3, 0.4) is 0 Å². The number of nitrogens with zero attached hydrogens (tertiary/aromatic N) is 4. The van der Waals surface area contributed by atoms with Crippen molar-refractivity contribution in [2.24, 2.45) is 0 Å². The first-order valence-corrected chi connectivity index (χ1v) is 7.16. The molecule has 0 aliphatic rings. The molecule has 2 aromatic heterocycles. The van der Waals surface area contributed by atoms with Crippen LogP contribution >= 0.6 is 0 Å². The van der Waals surface area contributed by atoms with Gasteiger partial charge < -0.3 is 16.4 Å². The number of benzene rings is 1. The van der Waals surface area contributed by atoms with Crippen molar-refractivity contribution in [3.8, 4) is 11.4 Å². The highest BCUT2D eigenvalue weighted by Crippen LogP contribution is 2.22. The third-order valence-electron chi connectivity index (χ3n) is 3.44. The number of rotatable bonds is 4. The smallest absolute Gasteiger partial charge is 0.251 e. The van der Waals surface area contributed by atoms with Crippen LogP contribution in [0, 0.1) is 6.92 Å². The molecule has 0 spiro atoms. The number of nitrogen functional groups attached to an aromatic ring is 1. The molecule has 1 amide bonds. The first-order valence-electron chi connectivity index (χ1n) is 7.16. The van der Waals surface area contributed by atoms with Crippen LogP contribution in [0.2, 0.25) is 0 Å². The minimum Gasteiger partial charge on any atom is -0.383 e. The van der Waals surface area contributed by atoms with Gasteiger partial charge in [-0.05, 0) is 30.7 Å². The summed E-state index contributed by atoms with van der Waals surface area (Å²) < 4.78 is 0. The van der Waals surface area contributed by atoms with E-state index in [9.17, 15) is 4.79 Å². The molecule has 3 rings (SSSR count). The molecule has 0 saturated heterocycles. The van der Waals surface area contributed by atoms with E-state index in [1.165, 1.54) is 6.33 Å². The van der Waals surface area contributed by atoms with Gasteiger partial charge in [-0.1, -0.05) is 0 Å². The Morgan fingerprint density at radius 1 is 1.29 bits per heavy atom. The van der Waals surface area contributed by atoms with Crippen LogP contribution in [0.5, 0.6) is 0 Å². The molecule has 9 heteroatoms. The molecule has 0 saturated carbocycles. The zero-order valence-electron chi connectivity index (χ0n) is 13.2. The number of hydrogen-bond acceptors (Lipinski definition) is 7. The van der Waals surface area contributed by atoms with E-state index < -0.39 is 0 Å². The normalized spacial score (nSPS) is 10.4. The molecule has 0 radical (unpaired) electrons. The number of carbonyl (C=O) groups is 1. The topological polar surface area (TPSA) is 134 Å². The zero-order valence-corrected chi connectivity index (χ0v) is 13.2. The average Bonchev–Trinajstić information content (AvgIpc) is 3.08. The van der Waals surface area contributed by atoms with Crippen molar-refractivity contribution in [2.45, 2.75) is 6.92 Å². The van der Waals surface area contributed by atoms with E-state index >= 15 is 0 Å². The summed E-state index contributed by atoms with van der Waals surface area (Å²) in [5, 5.41) is 12.2. The number of anilines is 3. The summed E-state index contributed by atoms with van der Waals surface area (Å²) in [5.41, 5.74) is 8.73. The Kier molecular flexibility index (Phi) is 4.06. The first kappa shape index (κ1) is 15.4. The quantitative estimate of drug-likeness (QED) is 0.567. The highest BCUT2D eigenvalue weighted by molar-refractivity contribution is 5.95. The Balaban J connectivity index is 1.83. The largest absolute Gasteiger partial charge is 0.383 e. The van der Waals surface area contributed by atoms with Gasteiger partial charge in [0.05, 0.1) is 5.56 Å². The SMILES string of the molecule is CNC(=O)c1ccc(Nc2ncc(-c3ncn[nH]3)c(N)n2)cc1C. The van der Waals surface area contributed by atoms with Crippen LogP contribution < -0.4 is 16.4 Å². The number of nitrogens with two attached hydrogens (primary N) is 1. The predicted molar refractivity (Wildman–Crippen MR) is 89.7 cm³/mol. The molecule has 0 fully saturated rings. The van der Waals surface area contributed by atoms with E-state index in [4.69, 9.17) is 5.73 Å². The number of aryl methyl sites for hydroxylation is 1. The maximum atomic E-state index is 11.7. The molecule has 0 bridgehead atoms. The molecule has 1 aromatic carbocycles. The molecular weight excluding hydrogens is 308 g/mol. The number of aromatic nitrogens is 5. The van der Waals surface area contributed by atoms with Gasteiger partial charge in [-0.15, -0.1) is 0 Å². The number of hydrogen-bond donors (Lipinski definition) is 4. The van der Waals surface area contributed by atoms with Crippen LogP contribution in [0.25, 0.3) is 11.4 Å². The van der Waals surface area contributed by atoms with Crippen LogP contribution in [0.1, 0.15) is 15.9 Å². The standard InChI is InChI=1S/C15H16N8O/c1-8-5-9(3-4-10(8)14(24)17-2)21-15-18-6-11(12(16)22-15)13-19-7-20-23-13/h3-7H,1-2H3,(H,17,24)(H,19,20,23)(H3,16,18,21,22). The van der Waals surface area contributed by atoms with E-state index in [0.29, 0.717) is 22.9 Å². The number of nitrogens with one attached hydrogen (secondary N) is 3. The summed E-state index contributed by atoms with van der Waals surface area (Å²) in [6.07, 6.45) is 2.95. The lowest BCUT2D eigenvalue weighted by molar-refractivity contribution is 0.0962. The summed E-state index contributed by atoms with van der Waals surface area (Å²) in [5.74, 6) is 1.01. The minimum atomic E-state index is -0.129. The lowest BCUT2D eigenvalue weighted by Gasteiger charge is -2.10. The summed E-state index contributed by atoms with van der Waals surface area (Å²) in [4.78, 5) is 24.2. The van der Waals surface area contributed by atoms with Crippen molar-refractivity contribution >= 4 is 23.4 Å². The van der Waals surface area contributed by atoms with Crippen LogP contribution in [-0.2, 0) is 0 Å². The minimum absolute atomic E-state index is 0.129. The Hall–Kier alpha value is -3.49. The van der Waals surface area contributed by atoms with Crippen molar-refractivity contribution in [3.05, 3.63) is 41.9 Å². The van der Waals surface area contributed by atoms with Gasteiger partial charge in [0.15, 0.2) is 5.82 Å². The Bertz CT molecular complexity index is 875. The van der Waals surface area contributed by atoms with Crippen LogP contribution in [0.15, 0.2) is 30.7 Å². The van der Waals surface area contributed by atoms with Gasteiger partial charge in [-0.3, -0.25) is 9.89 Å². The lowest BCUT2D eigenvalue weighted by atomic mass is 10.1. The van der Waals surface area contributed by atoms with Gasteiger partial charge in [0.1, 0.15) is 12.1 Å². The van der Waals surface area contributed by atoms with E-state index in [-0.39, 0.29) is 11.7 Å². The van der Waals surface area contributed by atoms with Crippen molar-refractivity contribution in [1.82, 2.24) is 30.5 Å². The number of H-pyrrole nitrogens is 1. The monoisotopic (exact) mass is 324 g/mol. The Morgan fingerprint density at radius 2 is 2.12 bits per heavy atom. The third-order valence-corrected chi connectivity index (χ3v) is 3.44. The van der Waals surface area contributed by atoms with Crippen molar-refractivity contribution in [2.75, 3.05) is 18.1 Å². The molecular formula is C15H16N8O. The van der Waals surface area contributed by atoms with Crippen LogP contribution in [-0.4, -0.2) is 38.1 Å². The summed E-state index contributed by atoms with van der Waals surface area (Å²) >= 11 is 0. The molecule has 0 atom stereocenters. The fourth-order valence-corrected chi connectivity index (χ4v) is 2.23. The first-order chi connectivity index (χ1) is 11.6. The van der Waals surface area contributed by atoms with E-state index in [1.54, 1.807) is 25.4 Å². The van der Waals surface area contributed by atoms with Gasteiger partial charge in [0.2, 0.25) is 5.95 Å². The maximum absolute atomic E-state index is 11.7. The molecule has 2 heterocycles. The van der Waals surface area contributed by atoms with E-state index in [2.05, 4.69) is 35.8 Å². The van der Waals surface area contributed by atoms with Gasteiger partial charge in [0, 0.05) is 24.5 Å². The number of aromatic amines is 1. The molecule has 5 N–H and O–H groups in total. The lowest BCUT2D eigenvalue weighted by Crippen LogP contribution is -2.18.